The van der Waals surface area contributed by atoms with Gasteiger partial charge >= 0.3 is 0 Å². The second-order valence-electron chi connectivity index (χ2n) is 3.51. The molecule has 0 aliphatic rings. The maximum Gasteiger partial charge on any atom is 0.276 e. The number of nitrogens with zero attached hydrogens (tertiary/aromatic N) is 2. The van der Waals surface area contributed by atoms with Gasteiger partial charge in [0.15, 0.2) is 0 Å². The average Bonchev–Trinajstić information content (AvgIpc) is 2.84. The summed E-state index contributed by atoms with van der Waals surface area (Å²) in [6.45, 7) is 1.12. The fourth-order valence-corrected chi connectivity index (χ4v) is 1.92. The molecule has 0 bridgehead atoms. The summed E-state index contributed by atoms with van der Waals surface area (Å²) in [5.74, 6) is 2.22. The maximum atomic E-state index is 5.55. The fourth-order valence-electron chi connectivity index (χ4n) is 1.33. The zero-order valence-electron chi connectivity index (χ0n) is 9.91. The highest BCUT2D eigenvalue weighted by Gasteiger charge is 2.05. The predicted octanol–water partition coefficient (Wildman–Crippen LogP) is 1.74. The molecule has 2 aromatic rings. The lowest BCUT2D eigenvalue weighted by Crippen LogP contribution is -2.02. The van der Waals surface area contributed by atoms with Crippen LogP contribution < -0.4 is 10.5 Å². The molecule has 0 aliphatic carbocycles. The summed E-state index contributed by atoms with van der Waals surface area (Å²) < 4.78 is 10.9. The van der Waals surface area contributed by atoms with Crippen molar-refractivity contribution in [3.05, 3.63) is 36.2 Å². The van der Waals surface area contributed by atoms with Crippen molar-refractivity contribution in [1.29, 1.82) is 0 Å². The van der Waals surface area contributed by atoms with Crippen LogP contribution in [0.2, 0.25) is 0 Å². The molecule has 0 saturated heterocycles. The number of rotatable bonds is 7. The standard InChI is InChI=1S/C12H15N3O2S/c13-7-6-11-14-15-12(17-11)18-9-8-16-10-4-2-1-3-5-10/h1-5H,6-9,13H2. The van der Waals surface area contributed by atoms with Crippen LogP contribution in [0.5, 0.6) is 5.75 Å². The molecule has 0 spiro atoms. The molecular formula is C12H15N3O2S. The van der Waals surface area contributed by atoms with Gasteiger partial charge in [-0.1, -0.05) is 30.0 Å². The van der Waals surface area contributed by atoms with Crippen LogP contribution in [0.25, 0.3) is 0 Å². The van der Waals surface area contributed by atoms with E-state index in [4.69, 9.17) is 14.9 Å². The van der Waals surface area contributed by atoms with E-state index in [-0.39, 0.29) is 0 Å². The van der Waals surface area contributed by atoms with Crippen LogP contribution in [0, 0.1) is 0 Å². The third-order valence-corrected chi connectivity index (χ3v) is 2.91. The van der Waals surface area contributed by atoms with Crippen molar-refractivity contribution in [1.82, 2.24) is 10.2 Å². The molecule has 0 saturated carbocycles. The smallest absolute Gasteiger partial charge is 0.276 e. The monoisotopic (exact) mass is 265 g/mol. The Morgan fingerprint density at radius 3 is 2.83 bits per heavy atom. The lowest BCUT2D eigenvalue weighted by Gasteiger charge is -2.03. The van der Waals surface area contributed by atoms with Crippen LogP contribution in [0.4, 0.5) is 0 Å². The van der Waals surface area contributed by atoms with Gasteiger partial charge in [0.1, 0.15) is 5.75 Å². The molecule has 0 amide bonds. The minimum atomic E-state index is 0.517. The Morgan fingerprint density at radius 1 is 1.22 bits per heavy atom. The topological polar surface area (TPSA) is 74.2 Å². The van der Waals surface area contributed by atoms with Crippen LogP contribution in [0.1, 0.15) is 5.89 Å². The van der Waals surface area contributed by atoms with Crippen molar-refractivity contribution in [2.45, 2.75) is 11.6 Å². The van der Waals surface area contributed by atoms with E-state index in [0.29, 0.717) is 30.7 Å². The van der Waals surface area contributed by atoms with Crippen LogP contribution in [-0.4, -0.2) is 29.1 Å². The highest BCUT2D eigenvalue weighted by Crippen LogP contribution is 2.16. The van der Waals surface area contributed by atoms with Crippen molar-refractivity contribution in [2.75, 3.05) is 18.9 Å². The molecule has 0 atom stereocenters. The summed E-state index contributed by atoms with van der Waals surface area (Å²) in [6.07, 6.45) is 0.619. The minimum absolute atomic E-state index is 0.517. The summed E-state index contributed by atoms with van der Waals surface area (Å²) in [5.41, 5.74) is 5.40. The molecule has 0 radical (unpaired) electrons. The highest BCUT2D eigenvalue weighted by molar-refractivity contribution is 7.99. The molecule has 0 fully saturated rings. The van der Waals surface area contributed by atoms with E-state index in [1.807, 2.05) is 30.3 Å². The summed E-state index contributed by atoms with van der Waals surface area (Å²) in [4.78, 5) is 0. The first-order valence-corrected chi connectivity index (χ1v) is 6.70. The normalized spacial score (nSPS) is 10.5. The van der Waals surface area contributed by atoms with Gasteiger partial charge in [0.05, 0.1) is 6.61 Å². The zero-order chi connectivity index (χ0) is 12.6. The molecule has 2 N–H and O–H groups in total. The molecule has 0 aliphatic heterocycles. The van der Waals surface area contributed by atoms with E-state index in [1.165, 1.54) is 11.8 Å². The summed E-state index contributed by atoms with van der Waals surface area (Å²) in [5, 5.41) is 8.36. The Bertz CT molecular complexity index is 461. The Labute approximate surface area is 110 Å². The van der Waals surface area contributed by atoms with Gasteiger partial charge in [-0.05, 0) is 12.1 Å². The molecule has 1 aromatic carbocycles. The van der Waals surface area contributed by atoms with Crippen molar-refractivity contribution in [2.24, 2.45) is 5.73 Å². The lowest BCUT2D eigenvalue weighted by molar-refractivity contribution is 0.342. The van der Waals surface area contributed by atoms with Gasteiger partial charge in [-0.2, -0.15) is 0 Å². The second-order valence-corrected chi connectivity index (χ2v) is 4.56. The van der Waals surface area contributed by atoms with Crippen molar-refractivity contribution >= 4 is 11.8 Å². The summed E-state index contributed by atoms with van der Waals surface area (Å²) >= 11 is 1.48. The van der Waals surface area contributed by atoms with E-state index < -0.39 is 0 Å². The molecular weight excluding hydrogens is 250 g/mol. The van der Waals surface area contributed by atoms with Crippen molar-refractivity contribution in [3.63, 3.8) is 0 Å². The largest absolute Gasteiger partial charge is 0.493 e. The fraction of sp³-hybridized carbons (Fsp3) is 0.333. The highest BCUT2D eigenvalue weighted by atomic mass is 32.2. The first-order chi connectivity index (χ1) is 8.88. The van der Waals surface area contributed by atoms with Crippen molar-refractivity contribution < 1.29 is 9.15 Å². The summed E-state index contributed by atoms with van der Waals surface area (Å²) in [7, 11) is 0. The Kier molecular flexibility index (Phi) is 5.04. The third-order valence-electron chi connectivity index (χ3n) is 2.13. The first kappa shape index (κ1) is 12.9. The number of aromatic nitrogens is 2. The van der Waals surface area contributed by atoms with Crippen LogP contribution >= 0.6 is 11.8 Å². The van der Waals surface area contributed by atoms with E-state index in [1.54, 1.807) is 0 Å². The number of ether oxygens (including phenoxy) is 1. The number of thioether (sulfide) groups is 1. The van der Waals surface area contributed by atoms with E-state index in [0.717, 1.165) is 11.5 Å². The van der Waals surface area contributed by atoms with Crippen LogP contribution in [0.3, 0.4) is 0 Å². The van der Waals surface area contributed by atoms with Crippen molar-refractivity contribution in [3.8, 4) is 5.75 Å². The van der Waals surface area contributed by atoms with E-state index >= 15 is 0 Å². The predicted molar refractivity (Wildman–Crippen MR) is 69.7 cm³/mol. The maximum absolute atomic E-state index is 5.55. The number of hydrogen-bond acceptors (Lipinski definition) is 6. The van der Waals surface area contributed by atoms with Gasteiger partial charge in [0, 0.05) is 18.7 Å². The third kappa shape index (κ3) is 4.05. The van der Waals surface area contributed by atoms with Crippen LogP contribution in [-0.2, 0) is 6.42 Å². The molecule has 6 heteroatoms. The molecule has 1 heterocycles. The lowest BCUT2D eigenvalue weighted by atomic mass is 10.3. The van der Waals surface area contributed by atoms with Crippen LogP contribution in [0.15, 0.2) is 40.0 Å². The minimum Gasteiger partial charge on any atom is -0.493 e. The molecule has 0 unspecified atom stereocenters. The zero-order valence-corrected chi connectivity index (χ0v) is 10.7. The second kappa shape index (κ2) is 7.03. The van der Waals surface area contributed by atoms with E-state index in [2.05, 4.69) is 10.2 Å². The molecule has 96 valence electrons. The SMILES string of the molecule is NCCc1nnc(SCCOc2ccccc2)o1. The van der Waals surface area contributed by atoms with Gasteiger partial charge in [-0.15, -0.1) is 10.2 Å². The van der Waals surface area contributed by atoms with Gasteiger partial charge < -0.3 is 14.9 Å². The molecule has 2 rings (SSSR count). The van der Waals surface area contributed by atoms with Gasteiger partial charge in [0.2, 0.25) is 5.89 Å². The number of nitrogens with two attached hydrogens (primary N) is 1. The number of benzene rings is 1. The van der Waals surface area contributed by atoms with E-state index in [9.17, 15) is 0 Å². The Hall–Kier alpha value is -1.53. The molecule has 18 heavy (non-hydrogen) atoms. The number of para-hydroxylation sites is 1. The molecule has 5 nitrogen and oxygen atoms in total. The van der Waals surface area contributed by atoms with Gasteiger partial charge in [0.25, 0.3) is 5.22 Å². The summed E-state index contributed by atoms with van der Waals surface area (Å²) in [6, 6.07) is 9.70. The molecule has 1 aromatic heterocycles. The quantitative estimate of drug-likeness (QED) is 0.607. The average molecular weight is 265 g/mol. The van der Waals surface area contributed by atoms with Gasteiger partial charge in [-0.3, -0.25) is 0 Å². The first-order valence-electron chi connectivity index (χ1n) is 5.71. The number of hydrogen-bond donors (Lipinski definition) is 1. The Balaban J connectivity index is 1.68. The van der Waals surface area contributed by atoms with Gasteiger partial charge in [-0.25, -0.2) is 0 Å². The Morgan fingerprint density at radius 2 is 2.06 bits per heavy atom.